The molecule has 5 rings (SSSR count). The summed E-state index contributed by atoms with van der Waals surface area (Å²) in [5.41, 5.74) is 2.45. The number of halogens is 3. The van der Waals surface area contributed by atoms with Gasteiger partial charge in [0.25, 0.3) is 0 Å². The molecule has 1 aliphatic rings. The van der Waals surface area contributed by atoms with E-state index >= 15 is 0 Å². The second kappa shape index (κ2) is 12.8. The van der Waals surface area contributed by atoms with Crippen LogP contribution in [0.1, 0.15) is 68.1 Å². The van der Waals surface area contributed by atoms with Crippen molar-refractivity contribution in [3.05, 3.63) is 71.6 Å². The molecule has 0 atom stereocenters. The van der Waals surface area contributed by atoms with Gasteiger partial charge in [0.2, 0.25) is 5.88 Å². The minimum atomic E-state index is -4.54. The highest BCUT2D eigenvalue weighted by Crippen LogP contribution is 2.45. The quantitative estimate of drug-likeness (QED) is 0.151. The van der Waals surface area contributed by atoms with Crippen molar-refractivity contribution in [2.24, 2.45) is 0 Å². The average Bonchev–Trinajstić information content (AvgIpc) is 3.75. The second-order valence-corrected chi connectivity index (χ2v) is 10.5. The van der Waals surface area contributed by atoms with E-state index < -0.39 is 17.8 Å². The van der Waals surface area contributed by atoms with Gasteiger partial charge < -0.3 is 19.4 Å². The predicted molar refractivity (Wildman–Crippen MR) is 158 cm³/mol. The third kappa shape index (κ3) is 6.87. The molecular formula is C31H32F3N7O3. The number of imidazole rings is 1. The molecule has 0 amide bonds. The molecule has 0 aliphatic heterocycles. The number of anilines is 1. The fraction of sp³-hybridized carbons (Fsp3) is 0.355. The Bertz CT molecular complexity index is 1660. The molecule has 3 aromatic heterocycles. The van der Waals surface area contributed by atoms with E-state index in [1.165, 1.54) is 24.1 Å². The summed E-state index contributed by atoms with van der Waals surface area (Å²) in [5.74, 6) is 1.20. The smallest absolute Gasteiger partial charge is 0.434 e. The van der Waals surface area contributed by atoms with Gasteiger partial charge in [0.15, 0.2) is 11.5 Å². The van der Waals surface area contributed by atoms with Crippen LogP contribution < -0.4 is 10.1 Å². The van der Waals surface area contributed by atoms with E-state index in [-0.39, 0.29) is 24.4 Å². The van der Waals surface area contributed by atoms with E-state index in [0.29, 0.717) is 40.8 Å². The summed E-state index contributed by atoms with van der Waals surface area (Å²) in [6.07, 6.45) is 4.43. The van der Waals surface area contributed by atoms with Gasteiger partial charge in [0, 0.05) is 48.1 Å². The van der Waals surface area contributed by atoms with Crippen molar-refractivity contribution in [2.75, 3.05) is 19.0 Å². The maximum Gasteiger partial charge on any atom is 0.434 e. The van der Waals surface area contributed by atoms with E-state index in [1.54, 1.807) is 45.2 Å². The van der Waals surface area contributed by atoms with Crippen molar-refractivity contribution in [3.8, 4) is 28.7 Å². The first-order valence-corrected chi connectivity index (χ1v) is 14.2. The van der Waals surface area contributed by atoms with Gasteiger partial charge in [0.05, 0.1) is 19.4 Å². The molecule has 0 spiro atoms. The maximum atomic E-state index is 13.4. The number of carbonyl (C=O) groups excluding carboxylic acids is 1. The topological polar surface area (TPSA) is 117 Å². The van der Waals surface area contributed by atoms with Crippen molar-refractivity contribution in [1.82, 2.24) is 29.5 Å². The Morgan fingerprint density at radius 2 is 1.89 bits per heavy atom. The summed E-state index contributed by atoms with van der Waals surface area (Å²) in [7, 11) is 1.53. The van der Waals surface area contributed by atoms with Crippen LogP contribution in [0.3, 0.4) is 0 Å². The summed E-state index contributed by atoms with van der Waals surface area (Å²) in [5, 5.41) is 3.30. The number of hydrogen-bond donors (Lipinski definition) is 1. The van der Waals surface area contributed by atoms with Gasteiger partial charge in [0.1, 0.15) is 23.5 Å². The Hall–Kier alpha value is -4.81. The van der Waals surface area contributed by atoms with Crippen LogP contribution in [0, 0.1) is 0 Å². The first kappa shape index (κ1) is 30.6. The van der Waals surface area contributed by atoms with E-state index in [2.05, 4.69) is 25.3 Å². The van der Waals surface area contributed by atoms with Gasteiger partial charge in [-0.1, -0.05) is 24.3 Å². The minimum Gasteiger partial charge on any atom is -0.480 e. The van der Waals surface area contributed by atoms with Crippen molar-refractivity contribution in [3.63, 3.8) is 0 Å². The Labute approximate surface area is 252 Å². The fourth-order valence-corrected chi connectivity index (χ4v) is 4.63. The van der Waals surface area contributed by atoms with E-state index in [9.17, 15) is 18.0 Å². The second-order valence-electron chi connectivity index (χ2n) is 10.5. The van der Waals surface area contributed by atoms with Crippen LogP contribution in [0.25, 0.3) is 28.9 Å². The SMILES string of the molecule is CCOC(=O)/C=C/c1cnc(-c2c(OC)ncnc2C2CC2)nc1NCc1ccc(-c2nc(C(F)(F)F)cn2C(C)C)cc1. The zero-order valence-electron chi connectivity index (χ0n) is 24.7. The van der Waals surface area contributed by atoms with Crippen LogP contribution in [0.15, 0.2) is 49.1 Å². The van der Waals surface area contributed by atoms with Gasteiger partial charge in [-0.15, -0.1) is 0 Å². The van der Waals surface area contributed by atoms with Crippen LogP contribution in [0.2, 0.25) is 0 Å². The summed E-state index contributed by atoms with van der Waals surface area (Å²) in [4.78, 5) is 33.9. The molecule has 1 fully saturated rings. The highest BCUT2D eigenvalue weighted by Gasteiger charge is 2.35. The highest BCUT2D eigenvalue weighted by atomic mass is 19.4. The lowest BCUT2D eigenvalue weighted by Crippen LogP contribution is -2.08. The van der Waals surface area contributed by atoms with E-state index in [0.717, 1.165) is 30.3 Å². The number of benzene rings is 1. The van der Waals surface area contributed by atoms with Crippen molar-refractivity contribution in [1.29, 1.82) is 0 Å². The lowest BCUT2D eigenvalue weighted by molar-refractivity contribution is -0.141. The van der Waals surface area contributed by atoms with Gasteiger partial charge in [-0.05, 0) is 45.3 Å². The van der Waals surface area contributed by atoms with Crippen LogP contribution >= 0.6 is 0 Å². The third-order valence-corrected chi connectivity index (χ3v) is 6.98. The maximum absolute atomic E-state index is 13.4. The average molecular weight is 608 g/mol. The van der Waals surface area contributed by atoms with Gasteiger partial charge in [-0.25, -0.2) is 29.7 Å². The normalized spacial score (nSPS) is 13.5. The largest absolute Gasteiger partial charge is 0.480 e. The summed E-state index contributed by atoms with van der Waals surface area (Å²) in [6.45, 7) is 5.89. The highest BCUT2D eigenvalue weighted by molar-refractivity contribution is 5.88. The number of ether oxygens (including phenoxy) is 2. The predicted octanol–water partition coefficient (Wildman–Crippen LogP) is 6.47. The zero-order chi connectivity index (χ0) is 31.4. The van der Waals surface area contributed by atoms with Crippen LogP contribution in [0.5, 0.6) is 5.88 Å². The zero-order valence-corrected chi connectivity index (χ0v) is 24.7. The lowest BCUT2D eigenvalue weighted by Gasteiger charge is -2.14. The minimum absolute atomic E-state index is 0.211. The molecule has 4 aromatic rings. The molecule has 0 saturated heterocycles. The fourth-order valence-electron chi connectivity index (χ4n) is 4.63. The van der Waals surface area contributed by atoms with Crippen molar-refractivity contribution in [2.45, 2.75) is 58.3 Å². The van der Waals surface area contributed by atoms with Crippen molar-refractivity contribution < 1.29 is 27.4 Å². The summed E-state index contributed by atoms with van der Waals surface area (Å²) in [6, 6.07) is 6.88. The number of nitrogens with zero attached hydrogens (tertiary/aromatic N) is 6. The molecule has 1 aromatic carbocycles. The van der Waals surface area contributed by atoms with E-state index in [4.69, 9.17) is 14.5 Å². The number of alkyl halides is 3. The third-order valence-electron chi connectivity index (χ3n) is 6.98. The standard InChI is InChI=1S/C31H32F3N7O3/c1-5-44-24(42)13-12-22-15-36-28(25-26(20-10-11-20)37-17-38-30(25)43-4)40-27(22)35-14-19-6-8-21(9-7-19)29-39-23(31(32,33)34)16-41(29)18(2)3/h6-9,12-13,15-18,20H,5,10-11,14H2,1-4H3,(H,35,36,40)/b13-12+. The van der Waals surface area contributed by atoms with Gasteiger partial charge >= 0.3 is 12.1 Å². The molecule has 13 heteroatoms. The Morgan fingerprint density at radius 1 is 1.14 bits per heavy atom. The van der Waals surface area contributed by atoms with Gasteiger partial charge in [-0.3, -0.25) is 0 Å². The van der Waals surface area contributed by atoms with Gasteiger partial charge in [-0.2, -0.15) is 13.2 Å². The lowest BCUT2D eigenvalue weighted by atomic mass is 10.1. The molecule has 0 unspecified atom stereocenters. The Kier molecular flexibility index (Phi) is 8.93. The summed E-state index contributed by atoms with van der Waals surface area (Å²) < 4.78 is 52.1. The molecular weight excluding hydrogens is 575 g/mol. The molecule has 230 valence electrons. The first-order chi connectivity index (χ1) is 21.1. The van der Waals surface area contributed by atoms with Crippen molar-refractivity contribution >= 4 is 17.9 Å². The molecule has 44 heavy (non-hydrogen) atoms. The molecule has 1 aliphatic carbocycles. The summed E-state index contributed by atoms with van der Waals surface area (Å²) >= 11 is 0. The molecule has 0 radical (unpaired) electrons. The molecule has 10 nitrogen and oxygen atoms in total. The Balaban J connectivity index is 1.44. The number of aromatic nitrogens is 6. The molecule has 1 saturated carbocycles. The monoisotopic (exact) mass is 607 g/mol. The van der Waals surface area contributed by atoms with E-state index in [1.807, 2.05) is 12.1 Å². The Morgan fingerprint density at radius 3 is 2.52 bits per heavy atom. The van der Waals surface area contributed by atoms with Crippen LogP contribution in [-0.2, 0) is 22.3 Å². The molecule has 0 bridgehead atoms. The number of methoxy groups -OCH3 is 1. The number of hydrogen-bond acceptors (Lipinski definition) is 9. The number of carbonyl (C=O) groups is 1. The first-order valence-electron chi connectivity index (χ1n) is 14.2. The number of rotatable bonds is 11. The van der Waals surface area contributed by atoms with Crippen LogP contribution in [0.4, 0.5) is 19.0 Å². The van der Waals surface area contributed by atoms with Crippen LogP contribution in [-0.4, -0.2) is 49.2 Å². The number of nitrogens with one attached hydrogen (secondary N) is 1. The molecule has 3 heterocycles. The molecule has 1 N–H and O–H groups in total. The number of esters is 1.